The lowest BCUT2D eigenvalue weighted by molar-refractivity contribution is -0.115. The number of carbonyl (C=O) groups is 4. The van der Waals surface area contributed by atoms with E-state index in [1.54, 1.807) is 55.5 Å². The Labute approximate surface area is 202 Å². The van der Waals surface area contributed by atoms with Gasteiger partial charge < -0.3 is 25.4 Å². The Bertz CT molecular complexity index is 1180. The molecule has 9 heteroatoms. The van der Waals surface area contributed by atoms with Gasteiger partial charge in [0.05, 0.1) is 13.2 Å². The van der Waals surface area contributed by atoms with Crippen molar-refractivity contribution in [3.63, 3.8) is 0 Å². The van der Waals surface area contributed by atoms with Crippen LogP contribution >= 0.6 is 0 Å². The molecular formula is C26H25N3O6. The zero-order valence-electron chi connectivity index (χ0n) is 19.1. The second-order valence-corrected chi connectivity index (χ2v) is 7.29. The molecule has 3 aromatic rings. The fourth-order valence-corrected chi connectivity index (χ4v) is 3.02. The van der Waals surface area contributed by atoms with Crippen LogP contribution in [0, 0.1) is 0 Å². The molecule has 3 rings (SSSR count). The molecule has 0 saturated carbocycles. The molecule has 0 aliphatic carbocycles. The maximum Gasteiger partial charge on any atom is 0.513 e. The van der Waals surface area contributed by atoms with Crippen LogP contribution in [-0.4, -0.2) is 37.0 Å². The number of benzene rings is 3. The van der Waals surface area contributed by atoms with Gasteiger partial charge in [0.15, 0.2) is 0 Å². The van der Waals surface area contributed by atoms with Crippen molar-refractivity contribution >= 4 is 29.6 Å². The highest BCUT2D eigenvalue weighted by molar-refractivity contribution is 5.99. The smallest absolute Gasteiger partial charge is 0.434 e. The lowest BCUT2D eigenvalue weighted by Crippen LogP contribution is -2.32. The first-order valence-corrected chi connectivity index (χ1v) is 10.9. The van der Waals surface area contributed by atoms with Crippen LogP contribution in [-0.2, 0) is 16.1 Å². The second-order valence-electron chi connectivity index (χ2n) is 7.29. The zero-order valence-corrected chi connectivity index (χ0v) is 19.1. The molecule has 0 saturated heterocycles. The highest BCUT2D eigenvalue weighted by Crippen LogP contribution is 2.14. The number of hydrogen-bond donors (Lipinski definition) is 3. The summed E-state index contributed by atoms with van der Waals surface area (Å²) in [5.41, 5.74) is 2.17. The molecule has 0 aromatic heterocycles. The van der Waals surface area contributed by atoms with E-state index in [1.807, 2.05) is 6.07 Å². The van der Waals surface area contributed by atoms with Gasteiger partial charge in [-0.1, -0.05) is 30.3 Å². The first-order valence-electron chi connectivity index (χ1n) is 10.9. The minimum Gasteiger partial charge on any atom is -0.434 e. The number of anilines is 1. The highest BCUT2D eigenvalue weighted by Gasteiger charge is 2.10. The molecule has 35 heavy (non-hydrogen) atoms. The Morgan fingerprint density at radius 2 is 1.46 bits per heavy atom. The number of carbonyl (C=O) groups excluding carboxylic acids is 4. The zero-order chi connectivity index (χ0) is 25.0. The summed E-state index contributed by atoms with van der Waals surface area (Å²) in [6.45, 7) is 1.93. The van der Waals surface area contributed by atoms with Crippen molar-refractivity contribution < 1.29 is 28.7 Å². The Kier molecular flexibility index (Phi) is 8.95. The summed E-state index contributed by atoms with van der Waals surface area (Å²) in [6.07, 6.45) is -0.810. The Balaban J connectivity index is 1.47. The molecule has 0 heterocycles. The van der Waals surface area contributed by atoms with Crippen molar-refractivity contribution in [2.24, 2.45) is 0 Å². The maximum atomic E-state index is 12.4. The van der Waals surface area contributed by atoms with Crippen molar-refractivity contribution in [3.05, 3.63) is 95.6 Å². The largest absolute Gasteiger partial charge is 0.513 e. The molecule has 3 aromatic carbocycles. The van der Waals surface area contributed by atoms with Crippen LogP contribution in [0.3, 0.4) is 0 Å². The van der Waals surface area contributed by atoms with Crippen LogP contribution < -0.4 is 20.7 Å². The molecule has 0 aliphatic heterocycles. The van der Waals surface area contributed by atoms with Crippen molar-refractivity contribution in [1.82, 2.24) is 10.6 Å². The molecule has 0 radical (unpaired) electrons. The number of amides is 3. The fourth-order valence-electron chi connectivity index (χ4n) is 3.02. The molecule has 0 bridgehead atoms. The van der Waals surface area contributed by atoms with E-state index in [-0.39, 0.29) is 43.2 Å². The van der Waals surface area contributed by atoms with Gasteiger partial charge in [0.1, 0.15) is 5.75 Å². The monoisotopic (exact) mass is 475 g/mol. The van der Waals surface area contributed by atoms with Crippen LogP contribution in [0.4, 0.5) is 10.5 Å². The third-order valence-corrected chi connectivity index (χ3v) is 4.69. The molecule has 3 N–H and O–H groups in total. The molecule has 0 unspecified atom stereocenters. The molecule has 0 spiro atoms. The Hall–Kier alpha value is -4.66. The number of hydrogen-bond acceptors (Lipinski definition) is 6. The molecule has 0 atom stereocenters. The van der Waals surface area contributed by atoms with Crippen LogP contribution in [0.15, 0.2) is 78.9 Å². The average molecular weight is 476 g/mol. The predicted octanol–water partition coefficient (Wildman–Crippen LogP) is 3.52. The van der Waals surface area contributed by atoms with Gasteiger partial charge in [-0.05, 0) is 61.0 Å². The van der Waals surface area contributed by atoms with Crippen molar-refractivity contribution in [1.29, 1.82) is 0 Å². The number of rotatable bonds is 9. The average Bonchev–Trinajstić information content (AvgIpc) is 2.87. The van der Waals surface area contributed by atoms with Crippen LogP contribution in [0.5, 0.6) is 5.75 Å². The summed E-state index contributed by atoms with van der Waals surface area (Å²) in [6, 6.07) is 21.7. The summed E-state index contributed by atoms with van der Waals surface area (Å²) in [7, 11) is 0. The van der Waals surface area contributed by atoms with Crippen molar-refractivity contribution in [2.45, 2.75) is 13.5 Å². The van der Waals surface area contributed by atoms with Gasteiger partial charge in [-0.25, -0.2) is 4.79 Å². The van der Waals surface area contributed by atoms with E-state index < -0.39 is 6.16 Å². The van der Waals surface area contributed by atoms with Gasteiger partial charge in [0, 0.05) is 23.4 Å². The van der Waals surface area contributed by atoms with E-state index in [0.29, 0.717) is 16.8 Å². The number of ether oxygens (including phenoxy) is 2. The van der Waals surface area contributed by atoms with E-state index in [4.69, 9.17) is 9.47 Å². The number of nitrogens with one attached hydrogen (secondary N) is 3. The predicted molar refractivity (Wildman–Crippen MR) is 129 cm³/mol. The van der Waals surface area contributed by atoms with Crippen LogP contribution in [0.1, 0.15) is 33.2 Å². The summed E-state index contributed by atoms with van der Waals surface area (Å²) in [5.74, 6) is -0.757. The van der Waals surface area contributed by atoms with E-state index in [9.17, 15) is 19.2 Å². The lowest BCUT2D eigenvalue weighted by atomic mass is 10.1. The van der Waals surface area contributed by atoms with E-state index in [2.05, 4.69) is 16.0 Å². The third kappa shape index (κ3) is 8.01. The first-order chi connectivity index (χ1) is 16.9. The van der Waals surface area contributed by atoms with E-state index in [0.717, 1.165) is 5.56 Å². The van der Waals surface area contributed by atoms with E-state index in [1.165, 1.54) is 24.3 Å². The van der Waals surface area contributed by atoms with Crippen LogP contribution in [0.25, 0.3) is 0 Å². The van der Waals surface area contributed by atoms with Gasteiger partial charge in [-0.15, -0.1) is 0 Å². The molecule has 180 valence electrons. The second kappa shape index (κ2) is 12.5. The molecule has 0 fully saturated rings. The third-order valence-electron chi connectivity index (χ3n) is 4.69. The van der Waals surface area contributed by atoms with Gasteiger partial charge in [-0.3, -0.25) is 14.4 Å². The highest BCUT2D eigenvalue weighted by atomic mass is 16.7. The summed E-state index contributed by atoms with van der Waals surface area (Å²) in [5, 5.41) is 8.08. The summed E-state index contributed by atoms with van der Waals surface area (Å²) < 4.78 is 9.67. The molecule has 9 nitrogen and oxygen atoms in total. The summed E-state index contributed by atoms with van der Waals surface area (Å²) >= 11 is 0. The van der Waals surface area contributed by atoms with Crippen LogP contribution in [0.2, 0.25) is 0 Å². The molecule has 0 aliphatic rings. The van der Waals surface area contributed by atoms with Crippen molar-refractivity contribution in [2.75, 3.05) is 18.5 Å². The SMILES string of the molecule is CCOC(=O)Oc1ccc(C(=O)NCc2cccc(NC(=O)CNC(=O)c3ccccc3)c2)cc1. The Morgan fingerprint density at radius 3 is 2.17 bits per heavy atom. The maximum absolute atomic E-state index is 12.4. The normalized spacial score (nSPS) is 10.1. The van der Waals surface area contributed by atoms with Crippen molar-refractivity contribution in [3.8, 4) is 5.75 Å². The summed E-state index contributed by atoms with van der Waals surface area (Å²) in [4.78, 5) is 48.0. The van der Waals surface area contributed by atoms with Gasteiger partial charge in [0.2, 0.25) is 5.91 Å². The lowest BCUT2D eigenvalue weighted by Gasteiger charge is -2.10. The minimum atomic E-state index is -0.810. The van der Waals surface area contributed by atoms with Gasteiger partial charge >= 0.3 is 6.16 Å². The van der Waals surface area contributed by atoms with Gasteiger partial charge in [-0.2, -0.15) is 0 Å². The first kappa shape index (κ1) is 25.0. The van der Waals surface area contributed by atoms with Gasteiger partial charge in [0.25, 0.3) is 11.8 Å². The Morgan fingerprint density at radius 1 is 0.771 bits per heavy atom. The minimum absolute atomic E-state index is 0.176. The quantitative estimate of drug-likeness (QED) is 0.321. The van der Waals surface area contributed by atoms with E-state index >= 15 is 0 Å². The molecule has 3 amide bonds. The molecular weight excluding hydrogens is 450 g/mol. The fraction of sp³-hybridized carbons (Fsp3) is 0.154. The topological polar surface area (TPSA) is 123 Å². The standard InChI is InChI=1S/C26H25N3O6/c1-2-34-26(33)35-22-13-11-20(12-14-22)25(32)27-16-18-7-6-10-21(15-18)29-23(30)17-28-24(31)19-8-4-3-5-9-19/h3-15H,2,16-17H2,1H3,(H,27,32)(H,28,31)(H,29,30).